The Balaban J connectivity index is 2.43. The van der Waals surface area contributed by atoms with Crippen molar-refractivity contribution in [2.24, 2.45) is 5.92 Å². The summed E-state index contributed by atoms with van der Waals surface area (Å²) in [6.45, 7) is 3.83. The first kappa shape index (κ1) is 11.9. The van der Waals surface area contributed by atoms with Crippen molar-refractivity contribution in [2.45, 2.75) is 6.92 Å². The minimum absolute atomic E-state index is 0.501. The van der Waals surface area contributed by atoms with Crippen LogP contribution in [-0.2, 0) is 0 Å². The fraction of sp³-hybridized carbons (Fsp3) is 0.500. The third-order valence-electron chi connectivity index (χ3n) is 2.13. The van der Waals surface area contributed by atoms with Gasteiger partial charge in [-0.25, -0.2) is 0 Å². The lowest BCUT2D eigenvalue weighted by Crippen LogP contribution is -2.21. The van der Waals surface area contributed by atoms with Crippen molar-refractivity contribution in [2.75, 3.05) is 27.3 Å². The van der Waals surface area contributed by atoms with Crippen LogP contribution in [0.15, 0.2) is 24.3 Å². The monoisotopic (exact) mass is 209 g/mol. The molecular weight excluding hydrogens is 190 g/mol. The van der Waals surface area contributed by atoms with Gasteiger partial charge in [0.1, 0.15) is 11.5 Å². The van der Waals surface area contributed by atoms with Crippen LogP contribution in [0.4, 0.5) is 0 Å². The Kier molecular flexibility index (Phi) is 4.98. The van der Waals surface area contributed by atoms with Crippen LogP contribution in [0.5, 0.6) is 11.5 Å². The van der Waals surface area contributed by atoms with Gasteiger partial charge in [-0.3, -0.25) is 0 Å². The number of methoxy groups -OCH3 is 1. The number of benzene rings is 1. The van der Waals surface area contributed by atoms with Gasteiger partial charge < -0.3 is 14.8 Å². The summed E-state index contributed by atoms with van der Waals surface area (Å²) >= 11 is 0. The normalized spacial score (nSPS) is 12.2. The third-order valence-corrected chi connectivity index (χ3v) is 2.13. The van der Waals surface area contributed by atoms with E-state index in [1.54, 1.807) is 7.11 Å². The van der Waals surface area contributed by atoms with Gasteiger partial charge in [0.15, 0.2) is 0 Å². The van der Waals surface area contributed by atoms with Crippen LogP contribution in [0.2, 0.25) is 0 Å². The van der Waals surface area contributed by atoms with Crippen LogP contribution >= 0.6 is 0 Å². The summed E-state index contributed by atoms with van der Waals surface area (Å²) in [5.74, 6) is 2.19. The molecule has 3 nitrogen and oxygen atoms in total. The van der Waals surface area contributed by atoms with E-state index < -0.39 is 0 Å². The zero-order valence-corrected chi connectivity index (χ0v) is 9.62. The molecule has 0 fully saturated rings. The smallest absolute Gasteiger partial charge is 0.122 e. The maximum atomic E-state index is 5.64. The summed E-state index contributed by atoms with van der Waals surface area (Å²) in [5, 5.41) is 3.12. The van der Waals surface area contributed by atoms with Gasteiger partial charge in [-0.05, 0) is 19.2 Å². The summed E-state index contributed by atoms with van der Waals surface area (Å²) in [5.41, 5.74) is 0. The summed E-state index contributed by atoms with van der Waals surface area (Å²) in [7, 11) is 3.60. The molecule has 1 rings (SSSR count). The Morgan fingerprint density at radius 2 is 2.07 bits per heavy atom. The van der Waals surface area contributed by atoms with Crippen LogP contribution in [0.1, 0.15) is 6.92 Å². The van der Waals surface area contributed by atoms with Gasteiger partial charge in [0.2, 0.25) is 0 Å². The van der Waals surface area contributed by atoms with E-state index in [-0.39, 0.29) is 0 Å². The van der Waals surface area contributed by atoms with E-state index in [0.29, 0.717) is 12.5 Å². The van der Waals surface area contributed by atoms with Crippen molar-refractivity contribution in [1.82, 2.24) is 5.32 Å². The molecule has 0 radical (unpaired) electrons. The van der Waals surface area contributed by atoms with Gasteiger partial charge in [-0.15, -0.1) is 0 Å². The molecule has 0 saturated carbocycles. The predicted octanol–water partition coefficient (Wildman–Crippen LogP) is 1.93. The molecule has 1 aromatic carbocycles. The molecule has 1 N–H and O–H groups in total. The molecular formula is C12H19NO2. The Morgan fingerprint density at radius 3 is 2.73 bits per heavy atom. The second kappa shape index (κ2) is 6.30. The van der Waals surface area contributed by atoms with Crippen molar-refractivity contribution in [3.05, 3.63) is 24.3 Å². The van der Waals surface area contributed by atoms with E-state index >= 15 is 0 Å². The second-order valence-electron chi connectivity index (χ2n) is 3.65. The van der Waals surface area contributed by atoms with Crippen LogP contribution < -0.4 is 14.8 Å². The number of nitrogens with one attached hydrogen (secondary N) is 1. The quantitative estimate of drug-likeness (QED) is 0.776. The maximum Gasteiger partial charge on any atom is 0.122 e. The average Bonchev–Trinajstić information content (AvgIpc) is 2.27. The number of rotatable bonds is 6. The van der Waals surface area contributed by atoms with Gasteiger partial charge in [-0.2, -0.15) is 0 Å². The molecule has 0 amide bonds. The SMILES string of the molecule is CNCC(C)COc1cccc(OC)c1. The summed E-state index contributed by atoms with van der Waals surface area (Å²) in [6.07, 6.45) is 0. The average molecular weight is 209 g/mol. The highest BCUT2D eigenvalue weighted by Gasteiger charge is 2.02. The Bertz CT molecular complexity index is 289. The predicted molar refractivity (Wildman–Crippen MR) is 61.6 cm³/mol. The second-order valence-corrected chi connectivity index (χ2v) is 3.65. The molecule has 0 bridgehead atoms. The van der Waals surface area contributed by atoms with E-state index in [2.05, 4.69) is 12.2 Å². The molecule has 1 aromatic rings. The maximum absolute atomic E-state index is 5.64. The van der Waals surface area contributed by atoms with Crippen molar-refractivity contribution in [1.29, 1.82) is 0 Å². The van der Waals surface area contributed by atoms with Gasteiger partial charge in [-0.1, -0.05) is 13.0 Å². The molecule has 0 aliphatic carbocycles. The van der Waals surface area contributed by atoms with Crippen molar-refractivity contribution in [3.63, 3.8) is 0 Å². The van der Waals surface area contributed by atoms with E-state index in [0.717, 1.165) is 18.0 Å². The van der Waals surface area contributed by atoms with E-state index in [1.807, 2.05) is 31.3 Å². The van der Waals surface area contributed by atoms with E-state index in [9.17, 15) is 0 Å². The molecule has 0 aliphatic rings. The number of ether oxygens (including phenoxy) is 2. The lowest BCUT2D eigenvalue weighted by Gasteiger charge is -2.12. The van der Waals surface area contributed by atoms with E-state index in [4.69, 9.17) is 9.47 Å². The Hall–Kier alpha value is -1.22. The summed E-state index contributed by atoms with van der Waals surface area (Å²) < 4.78 is 10.8. The molecule has 1 atom stereocenters. The van der Waals surface area contributed by atoms with E-state index in [1.165, 1.54) is 0 Å². The Morgan fingerprint density at radius 1 is 1.33 bits per heavy atom. The fourth-order valence-electron chi connectivity index (χ4n) is 1.34. The number of hydrogen-bond acceptors (Lipinski definition) is 3. The lowest BCUT2D eigenvalue weighted by atomic mass is 10.2. The molecule has 0 aliphatic heterocycles. The summed E-state index contributed by atoms with van der Waals surface area (Å²) in [4.78, 5) is 0. The van der Waals surface area contributed by atoms with Gasteiger partial charge in [0, 0.05) is 18.5 Å². The molecule has 15 heavy (non-hydrogen) atoms. The van der Waals surface area contributed by atoms with Crippen LogP contribution in [0.3, 0.4) is 0 Å². The van der Waals surface area contributed by atoms with Crippen LogP contribution in [0.25, 0.3) is 0 Å². The highest BCUT2D eigenvalue weighted by atomic mass is 16.5. The first-order valence-electron chi connectivity index (χ1n) is 5.17. The van der Waals surface area contributed by atoms with Crippen LogP contribution in [0, 0.1) is 5.92 Å². The van der Waals surface area contributed by atoms with Gasteiger partial charge >= 0.3 is 0 Å². The van der Waals surface area contributed by atoms with Crippen molar-refractivity contribution >= 4 is 0 Å². The van der Waals surface area contributed by atoms with Gasteiger partial charge in [0.05, 0.1) is 13.7 Å². The standard InChI is InChI=1S/C12H19NO2/c1-10(8-13-2)9-15-12-6-4-5-11(7-12)14-3/h4-7,10,13H,8-9H2,1-3H3. The topological polar surface area (TPSA) is 30.5 Å². The molecule has 0 aromatic heterocycles. The number of hydrogen-bond donors (Lipinski definition) is 1. The minimum atomic E-state index is 0.501. The minimum Gasteiger partial charge on any atom is -0.497 e. The first-order chi connectivity index (χ1) is 7.26. The largest absolute Gasteiger partial charge is 0.497 e. The highest BCUT2D eigenvalue weighted by Crippen LogP contribution is 2.19. The highest BCUT2D eigenvalue weighted by molar-refractivity contribution is 5.32. The molecule has 0 saturated heterocycles. The van der Waals surface area contributed by atoms with Crippen molar-refractivity contribution < 1.29 is 9.47 Å². The zero-order valence-electron chi connectivity index (χ0n) is 9.62. The lowest BCUT2D eigenvalue weighted by molar-refractivity contribution is 0.257. The third kappa shape index (κ3) is 4.21. The zero-order chi connectivity index (χ0) is 11.1. The first-order valence-corrected chi connectivity index (χ1v) is 5.17. The Labute approximate surface area is 91.4 Å². The molecule has 1 unspecified atom stereocenters. The molecule has 3 heteroatoms. The fourth-order valence-corrected chi connectivity index (χ4v) is 1.34. The van der Waals surface area contributed by atoms with Crippen molar-refractivity contribution in [3.8, 4) is 11.5 Å². The van der Waals surface area contributed by atoms with Crippen LogP contribution in [-0.4, -0.2) is 27.3 Å². The molecule has 0 heterocycles. The molecule has 0 spiro atoms. The van der Waals surface area contributed by atoms with Gasteiger partial charge in [0.25, 0.3) is 0 Å². The summed E-state index contributed by atoms with van der Waals surface area (Å²) in [6, 6.07) is 7.67. The molecule has 84 valence electrons.